The first-order valence-electron chi connectivity index (χ1n) is 10.4. The summed E-state index contributed by atoms with van der Waals surface area (Å²) >= 11 is 0. The highest BCUT2D eigenvalue weighted by atomic mass is 31.2. The zero-order valence-corrected chi connectivity index (χ0v) is 24.9. The summed E-state index contributed by atoms with van der Waals surface area (Å²) < 4.78 is 90.0. The molecule has 248 valence electrons. The third-order valence-corrected chi connectivity index (χ3v) is 7.27. The quantitative estimate of drug-likeness (QED) is 0.0445. The molecule has 0 aromatic rings. The highest BCUT2D eigenvalue weighted by Crippen LogP contribution is 2.46. The molecule has 0 saturated carbocycles. The average Bonchev–Trinajstić information content (AvgIpc) is 2.83. The molecule has 0 aliphatic carbocycles. The molecule has 6 atom stereocenters. The lowest BCUT2D eigenvalue weighted by atomic mass is 10.4. The van der Waals surface area contributed by atoms with Gasteiger partial charge >= 0.3 is 39.1 Å². The van der Waals surface area contributed by atoms with Crippen LogP contribution in [0.2, 0.25) is 0 Å². The van der Waals surface area contributed by atoms with E-state index in [0.717, 1.165) is 0 Å². The molecule has 0 rings (SSSR count). The Kier molecular flexibility index (Phi) is 18.6. The normalized spacial score (nSPS) is 20.4. The molecule has 0 aromatic carbocycles. The summed E-state index contributed by atoms with van der Waals surface area (Å²) in [5, 5.41) is 38.0. The first-order chi connectivity index (χ1) is 18.4. The maximum absolute atomic E-state index is 11.8. The number of hydrogen-bond donors (Lipinski definition) is 11. The molecule has 41 heavy (non-hydrogen) atoms. The predicted molar refractivity (Wildman–Crippen MR) is 125 cm³/mol. The average molecular weight is 714 g/mol. The fraction of sp³-hybridized carbons (Fsp3) is 1.00. The molecule has 29 heteroatoms. The molecule has 0 amide bonds. The first-order valence-corrected chi connectivity index (χ1v) is 17.9. The summed E-state index contributed by atoms with van der Waals surface area (Å²) in [4.78, 5) is 62.3. The van der Waals surface area contributed by atoms with Crippen LogP contribution < -0.4 is 0 Å². The minimum absolute atomic E-state index is 0.968. The predicted octanol–water partition coefficient (Wildman–Crippen LogP) is -2.95. The lowest BCUT2D eigenvalue weighted by Crippen LogP contribution is -2.24. The Balaban J connectivity index is 4.33. The van der Waals surface area contributed by atoms with Crippen LogP contribution in [-0.2, 0) is 59.0 Å². The minimum Gasteiger partial charge on any atom is -0.388 e. The van der Waals surface area contributed by atoms with E-state index in [-0.39, 0.29) is 0 Å². The van der Waals surface area contributed by atoms with E-state index in [9.17, 15) is 57.9 Å². The molecule has 0 spiro atoms. The molecule has 0 radical (unpaired) electrons. The van der Waals surface area contributed by atoms with Crippen molar-refractivity contribution in [1.82, 2.24) is 0 Å². The second kappa shape index (κ2) is 18.4. The molecule has 0 heterocycles. The summed E-state index contributed by atoms with van der Waals surface area (Å²) in [6, 6.07) is 0. The van der Waals surface area contributed by atoms with Gasteiger partial charge in [0.25, 0.3) is 0 Å². The number of aliphatic hydroxyl groups is 4. The van der Waals surface area contributed by atoms with Crippen LogP contribution in [0.1, 0.15) is 0 Å². The van der Waals surface area contributed by atoms with Gasteiger partial charge in [-0.2, -0.15) is 0 Å². The van der Waals surface area contributed by atoms with Crippen LogP contribution in [0.5, 0.6) is 0 Å². The molecule has 11 N–H and O–H groups in total. The largest absolute Gasteiger partial charge is 0.472 e. The molecule has 0 aliphatic rings. The van der Waals surface area contributed by atoms with Gasteiger partial charge in [-0.25, -0.2) is 22.8 Å². The molecule has 0 saturated heterocycles. The molecule has 0 aliphatic heterocycles. The summed E-state index contributed by atoms with van der Waals surface area (Å²) in [6.45, 7) is -8.08. The molecule has 0 aromatic heterocycles. The summed E-state index contributed by atoms with van der Waals surface area (Å²) in [7, 11) is -24.7. The summed E-state index contributed by atoms with van der Waals surface area (Å²) in [5.74, 6) is 0. The molecule has 0 bridgehead atoms. The van der Waals surface area contributed by atoms with Crippen LogP contribution in [0.3, 0.4) is 0 Å². The van der Waals surface area contributed by atoms with E-state index in [2.05, 4.69) is 36.2 Å². The minimum atomic E-state index is -5.00. The van der Waals surface area contributed by atoms with E-state index in [1.165, 1.54) is 0 Å². The summed E-state index contributed by atoms with van der Waals surface area (Å²) in [5.41, 5.74) is 0. The van der Waals surface area contributed by atoms with Crippen molar-refractivity contribution in [2.24, 2.45) is 0 Å². The van der Waals surface area contributed by atoms with Crippen LogP contribution in [0.15, 0.2) is 0 Å². The lowest BCUT2D eigenvalue weighted by Gasteiger charge is -2.19. The molecule has 24 nitrogen and oxygen atoms in total. The second-order valence-electron chi connectivity index (χ2n) is 7.37. The molecule has 4 unspecified atom stereocenters. The van der Waals surface area contributed by atoms with Gasteiger partial charge in [0.1, 0.15) is 24.4 Å². The number of phosphoric ester groups is 5. The van der Waals surface area contributed by atoms with Crippen molar-refractivity contribution in [1.29, 1.82) is 0 Å². The molecular weight excluding hydrogens is 683 g/mol. The third kappa shape index (κ3) is 25.4. The topological polar surface area (TPSA) is 382 Å². The highest BCUT2D eigenvalue weighted by Gasteiger charge is 2.30. The van der Waals surface area contributed by atoms with Crippen molar-refractivity contribution >= 4 is 39.1 Å². The Morgan fingerprint density at radius 1 is 0.341 bits per heavy atom. The zero-order chi connectivity index (χ0) is 32.1. The highest BCUT2D eigenvalue weighted by molar-refractivity contribution is 7.48. The van der Waals surface area contributed by atoms with Gasteiger partial charge in [0, 0.05) is 0 Å². The monoisotopic (exact) mass is 714 g/mol. The van der Waals surface area contributed by atoms with E-state index in [4.69, 9.17) is 19.6 Å². The van der Waals surface area contributed by atoms with Crippen LogP contribution in [0, 0.1) is 0 Å². The van der Waals surface area contributed by atoms with Gasteiger partial charge in [-0.05, 0) is 0 Å². The van der Waals surface area contributed by atoms with Gasteiger partial charge in [0.15, 0.2) is 0 Å². The Hall–Kier alpha value is 0.390. The van der Waals surface area contributed by atoms with E-state index in [1.54, 1.807) is 0 Å². The Labute approximate surface area is 230 Å². The van der Waals surface area contributed by atoms with Gasteiger partial charge in [-0.1, -0.05) is 0 Å². The zero-order valence-electron chi connectivity index (χ0n) is 20.4. The summed E-state index contributed by atoms with van der Waals surface area (Å²) in [6.07, 6.45) is -7.21. The SMILES string of the molecule is O=P(O)(O)OC[C@@H](O)COP(=O)(O)OCC(O)COP(=O)(O)OCC(O)COP(=O)(O)OC[C@H](O)COP(=O)(O)O. The van der Waals surface area contributed by atoms with Crippen LogP contribution in [0.25, 0.3) is 0 Å². The van der Waals surface area contributed by atoms with Crippen molar-refractivity contribution < 1.29 is 114 Å². The van der Waals surface area contributed by atoms with Crippen molar-refractivity contribution in [3.63, 3.8) is 0 Å². The Bertz CT molecular complexity index is 920. The van der Waals surface area contributed by atoms with Gasteiger partial charge in [0.2, 0.25) is 0 Å². The van der Waals surface area contributed by atoms with Crippen LogP contribution in [-0.4, -0.2) is 132 Å². The van der Waals surface area contributed by atoms with Crippen molar-refractivity contribution in [2.45, 2.75) is 24.4 Å². The van der Waals surface area contributed by atoms with Gasteiger partial charge in [0.05, 0.1) is 52.9 Å². The van der Waals surface area contributed by atoms with Gasteiger partial charge in [-0.3, -0.25) is 36.2 Å². The third-order valence-electron chi connectivity index (χ3n) is 3.45. The van der Waals surface area contributed by atoms with E-state index in [1.807, 2.05) is 0 Å². The first kappa shape index (κ1) is 41.4. The molecule has 0 fully saturated rings. The van der Waals surface area contributed by atoms with Crippen molar-refractivity contribution in [2.75, 3.05) is 52.9 Å². The lowest BCUT2D eigenvalue weighted by molar-refractivity contribution is 0.00316. The van der Waals surface area contributed by atoms with E-state index >= 15 is 0 Å². The number of hydrogen-bond acceptors (Lipinski definition) is 17. The second-order valence-corrected chi connectivity index (χ2v) is 14.2. The van der Waals surface area contributed by atoms with E-state index in [0.29, 0.717) is 0 Å². The van der Waals surface area contributed by atoms with Crippen LogP contribution in [0.4, 0.5) is 0 Å². The number of rotatable bonds is 24. The van der Waals surface area contributed by atoms with Crippen LogP contribution >= 0.6 is 39.1 Å². The smallest absolute Gasteiger partial charge is 0.388 e. The van der Waals surface area contributed by atoms with E-state index < -0.39 is 116 Å². The Morgan fingerprint density at radius 2 is 0.488 bits per heavy atom. The maximum Gasteiger partial charge on any atom is 0.472 e. The Morgan fingerprint density at radius 3 is 0.634 bits per heavy atom. The fourth-order valence-corrected chi connectivity index (χ4v) is 4.87. The standard InChI is InChI=1S/C12H31O24P5/c13-9(1-29-37(17,18)19)3-31-39(23,24)33-5-11(15)7-35-41(27,28)36-8-12(16)6-34-40(25,26)32-4-10(14)2-30-38(20,21)22/h9-16H,1-8H2,(H,23,24)(H,25,26)(H,27,28)(H2,17,18,19)(H2,20,21,22)/t9-,10-,11?,12?/m1/s1. The van der Waals surface area contributed by atoms with Gasteiger partial charge in [-0.15, -0.1) is 0 Å². The van der Waals surface area contributed by atoms with Gasteiger partial charge < -0.3 is 54.7 Å². The van der Waals surface area contributed by atoms with Crippen molar-refractivity contribution in [3.05, 3.63) is 0 Å². The maximum atomic E-state index is 11.8. The van der Waals surface area contributed by atoms with Crippen molar-refractivity contribution in [3.8, 4) is 0 Å². The number of phosphoric acid groups is 5. The fourth-order valence-electron chi connectivity index (χ4n) is 1.75. The number of aliphatic hydroxyl groups excluding tert-OH is 4. The molecular formula is C12H31O24P5.